The molecule has 1 nitrogen and oxygen atoms in total. The molecule has 0 amide bonds. The second kappa shape index (κ2) is 5.90. The largest absolute Gasteiger partial charge is 0.299 e. The van der Waals surface area contributed by atoms with Gasteiger partial charge in [0.25, 0.3) is 0 Å². The highest BCUT2D eigenvalue weighted by Crippen LogP contribution is 2.63. The maximum Gasteiger partial charge on any atom is 0.139 e. The Kier molecular flexibility index (Phi) is 4.10. The zero-order valence-electron chi connectivity index (χ0n) is 15.2. The van der Waals surface area contributed by atoms with Crippen molar-refractivity contribution in [2.24, 2.45) is 22.7 Å². The first-order chi connectivity index (χ1) is 11.5. The molecule has 4 aliphatic carbocycles. The fourth-order valence-electron chi connectivity index (χ4n) is 6.25. The highest BCUT2D eigenvalue weighted by atomic mass is 32.2. The van der Waals surface area contributed by atoms with Gasteiger partial charge < -0.3 is 0 Å². The van der Waals surface area contributed by atoms with E-state index in [2.05, 4.69) is 31.9 Å². The van der Waals surface area contributed by atoms with Crippen molar-refractivity contribution >= 4 is 17.5 Å². The molecule has 0 spiro atoms. The molecule has 2 heteroatoms. The van der Waals surface area contributed by atoms with E-state index in [9.17, 15) is 4.79 Å². The van der Waals surface area contributed by atoms with Gasteiger partial charge in [-0.3, -0.25) is 4.79 Å². The van der Waals surface area contributed by atoms with Crippen LogP contribution in [0.4, 0.5) is 0 Å². The SMILES string of the molecule is C=C1C=C2CC[C@@H]3C(=CC[C@]4(C)C(=O)CC[C@@H]34)[C@@]2(CCSC)CC1. The zero-order valence-corrected chi connectivity index (χ0v) is 16.0. The maximum absolute atomic E-state index is 12.5. The second-order valence-electron chi connectivity index (χ2n) is 8.65. The van der Waals surface area contributed by atoms with Crippen LogP contribution in [-0.4, -0.2) is 17.8 Å². The highest BCUT2D eigenvalue weighted by Gasteiger charge is 2.56. The fraction of sp³-hybridized carbons (Fsp3) is 0.682. The molecule has 130 valence electrons. The number of allylic oxidation sites excluding steroid dienone is 5. The van der Waals surface area contributed by atoms with Gasteiger partial charge in [0.15, 0.2) is 0 Å². The van der Waals surface area contributed by atoms with Gasteiger partial charge in [-0.1, -0.05) is 42.4 Å². The summed E-state index contributed by atoms with van der Waals surface area (Å²) in [5, 5.41) is 0. The van der Waals surface area contributed by atoms with Crippen LogP contribution in [-0.2, 0) is 4.79 Å². The minimum absolute atomic E-state index is 0.0612. The Morgan fingerprint density at radius 3 is 2.92 bits per heavy atom. The zero-order chi connectivity index (χ0) is 16.9. The fourth-order valence-corrected chi connectivity index (χ4v) is 6.81. The number of carbonyl (C=O) groups excluding carboxylic acids is 1. The van der Waals surface area contributed by atoms with E-state index in [0.29, 0.717) is 23.0 Å². The molecule has 0 aliphatic heterocycles. The van der Waals surface area contributed by atoms with Gasteiger partial charge in [-0.25, -0.2) is 0 Å². The number of fused-ring (bicyclic) bond motifs is 5. The van der Waals surface area contributed by atoms with Gasteiger partial charge in [-0.15, -0.1) is 0 Å². The van der Waals surface area contributed by atoms with Crippen LogP contribution in [0.3, 0.4) is 0 Å². The van der Waals surface area contributed by atoms with E-state index in [0.717, 1.165) is 25.7 Å². The van der Waals surface area contributed by atoms with E-state index < -0.39 is 0 Å². The number of ketones is 1. The lowest BCUT2D eigenvalue weighted by molar-refractivity contribution is -0.127. The molecular weight excluding hydrogens is 312 g/mol. The van der Waals surface area contributed by atoms with Crippen molar-refractivity contribution in [3.05, 3.63) is 35.5 Å². The summed E-state index contributed by atoms with van der Waals surface area (Å²) >= 11 is 1.97. The van der Waals surface area contributed by atoms with Crippen molar-refractivity contribution in [3.63, 3.8) is 0 Å². The Hall–Kier alpha value is -0.760. The van der Waals surface area contributed by atoms with Crippen LogP contribution >= 0.6 is 11.8 Å². The number of carbonyl (C=O) groups is 1. The molecule has 0 radical (unpaired) electrons. The van der Waals surface area contributed by atoms with E-state index in [1.807, 2.05) is 11.8 Å². The highest BCUT2D eigenvalue weighted by molar-refractivity contribution is 7.98. The van der Waals surface area contributed by atoms with Crippen molar-refractivity contribution in [2.45, 2.75) is 58.3 Å². The van der Waals surface area contributed by atoms with Crippen molar-refractivity contribution in [1.82, 2.24) is 0 Å². The molecule has 0 saturated heterocycles. The van der Waals surface area contributed by atoms with Crippen LogP contribution in [0, 0.1) is 22.7 Å². The predicted octanol–water partition coefficient (Wildman–Crippen LogP) is 5.73. The molecular formula is C22H30OS. The molecule has 24 heavy (non-hydrogen) atoms. The summed E-state index contributed by atoms with van der Waals surface area (Å²) in [5.41, 5.74) is 4.93. The smallest absolute Gasteiger partial charge is 0.139 e. The first kappa shape index (κ1) is 16.7. The quantitative estimate of drug-likeness (QED) is 0.609. The van der Waals surface area contributed by atoms with E-state index in [1.54, 1.807) is 11.1 Å². The molecule has 0 aromatic heterocycles. The third-order valence-electron chi connectivity index (χ3n) is 7.65. The summed E-state index contributed by atoms with van der Waals surface area (Å²) in [7, 11) is 0. The van der Waals surface area contributed by atoms with Gasteiger partial charge >= 0.3 is 0 Å². The molecule has 0 unspecified atom stereocenters. The van der Waals surface area contributed by atoms with Crippen LogP contribution in [0.2, 0.25) is 0 Å². The van der Waals surface area contributed by atoms with E-state index in [4.69, 9.17) is 0 Å². The molecule has 0 N–H and O–H groups in total. The summed E-state index contributed by atoms with van der Waals surface area (Å²) in [5.74, 6) is 3.01. The normalized spacial score (nSPS) is 41.2. The Labute approximate surface area is 151 Å². The Morgan fingerprint density at radius 2 is 2.12 bits per heavy atom. The van der Waals surface area contributed by atoms with Crippen LogP contribution in [0.5, 0.6) is 0 Å². The molecule has 2 saturated carbocycles. The molecule has 4 rings (SSSR count). The number of hydrogen-bond donors (Lipinski definition) is 0. The van der Waals surface area contributed by atoms with Crippen LogP contribution < -0.4 is 0 Å². The lowest BCUT2D eigenvalue weighted by Crippen LogP contribution is -2.45. The summed E-state index contributed by atoms with van der Waals surface area (Å²) in [6, 6.07) is 0. The van der Waals surface area contributed by atoms with Crippen LogP contribution in [0.25, 0.3) is 0 Å². The number of thioether (sulfide) groups is 1. The van der Waals surface area contributed by atoms with Gasteiger partial charge in [0, 0.05) is 17.3 Å². The number of Topliss-reactive ketones (excluding diaryl/α,β-unsaturated/α-hetero) is 1. The average molecular weight is 343 g/mol. The first-order valence-corrected chi connectivity index (χ1v) is 11.0. The van der Waals surface area contributed by atoms with Crippen molar-refractivity contribution in [3.8, 4) is 0 Å². The number of rotatable bonds is 3. The minimum Gasteiger partial charge on any atom is -0.299 e. The van der Waals surface area contributed by atoms with Crippen molar-refractivity contribution in [2.75, 3.05) is 12.0 Å². The van der Waals surface area contributed by atoms with E-state index in [-0.39, 0.29) is 5.41 Å². The Bertz CT molecular complexity index is 642. The molecule has 0 bridgehead atoms. The molecule has 2 fully saturated rings. The monoisotopic (exact) mass is 342 g/mol. The summed E-state index contributed by atoms with van der Waals surface area (Å²) in [6.07, 6.45) is 16.2. The molecule has 4 atom stereocenters. The lowest BCUT2D eigenvalue weighted by atomic mass is 9.50. The molecule has 0 aromatic carbocycles. The van der Waals surface area contributed by atoms with Crippen molar-refractivity contribution < 1.29 is 4.79 Å². The van der Waals surface area contributed by atoms with Gasteiger partial charge in [0.2, 0.25) is 0 Å². The summed E-state index contributed by atoms with van der Waals surface area (Å²) in [6.45, 7) is 6.50. The van der Waals surface area contributed by atoms with Crippen LogP contribution in [0.1, 0.15) is 58.3 Å². The molecule has 0 heterocycles. The van der Waals surface area contributed by atoms with E-state index >= 15 is 0 Å². The van der Waals surface area contributed by atoms with Crippen LogP contribution in [0.15, 0.2) is 35.5 Å². The van der Waals surface area contributed by atoms with E-state index in [1.165, 1.54) is 37.0 Å². The second-order valence-corrected chi connectivity index (χ2v) is 9.63. The summed E-state index contributed by atoms with van der Waals surface area (Å²) in [4.78, 5) is 12.5. The van der Waals surface area contributed by atoms with Crippen molar-refractivity contribution in [1.29, 1.82) is 0 Å². The standard InChI is InChI=1S/C22H30OS/c1-15-8-11-22(12-13-24-3)16(14-15)4-5-17-18-6-7-20(23)21(18,2)10-9-19(17)22/h9,14,17-18H,1,4-8,10-13H2,2-3H3/t17-,18-,21-,22+/m0/s1. The Morgan fingerprint density at radius 1 is 1.29 bits per heavy atom. The van der Waals surface area contributed by atoms with Gasteiger partial charge in [-0.05, 0) is 68.8 Å². The topological polar surface area (TPSA) is 17.1 Å². The van der Waals surface area contributed by atoms with Gasteiger partial charge in [0.05, 0.1) is 0 Å². The average Bonchev–Trinajstić information content (AvgIpc) is 2.88. The maximum atomic E-state index is 12.5. The predicted molar refractivity (Wildman–Crippen MR) is 103 cm³/mol. The lowest BCUT2D eigenvalue weighted by Gasteiger charge is -2.54. The molecule has 0 aromatic rings. The Balaban J connectivity index is 1.77. The van der Waals surface area contributed by atoms with Gasteiger partial charge in [-0.2, -0.15) is 11.8 Å². The summed E-state index contributed by atoms with van der Waals surface area (Å²) < 4.78 is 0. The first-order valence-electron chi connectivity index (χ1n) is 9.63. The minimum atomic E-state index is -0.0612. The third-order valence-corrected chi connectivity index (χ3v) is 8.26. The number of hydrogen-bond acceptors (Lipinski definition) is 2. The third kappa shape index (κ3) is 2.25. The van der Waals surface area contributed by atoms with Gasteiger partial charge in [0.1, 0.15) is 5.78 Å². The molecule has 4 aliphatic rings.